The van der Waals surface area contributed by atoms with Crippen molar-refractivity contribution in [1.29, 1.82) is 0 Å². The Morgan fingerprint density at radius 1 is 0.931 bits per heavy atom. The van der Waals surface area contributed by atoms with Crippen molar-refractivity contribution in [1.82, 2.24) is 0 Å². The number of anilines is 1. The van der Waals surface area contributed by atoms with Crippen LogP contribution < -0.4 is 9.47 Å². The molecule has 2 heteroatoms. The van der Waals surface area contributed by atoms with Crippen molar-refractivity contribution >= 4 is 28.7 Å². The molecule has 1 unspecified atom stereocenters. The highest BCUT2D eigenvalue weighted by Gasteiger charge is 2.19. The second-order valence-corrected chi connectivity index (χ2v) is 7.36. The van der Waals surface area contributed by atoms with Gasteiger partial charge in [-0.1, -0.05) is 60.7 Å². The fourth-order valence-corrected chi connectivity index (χ4v) is 4.23. The minimum absolute atomic E-state index is 0.417. The van der Waals surface area contributed by atoms with Crippen molar-refractivity contribution in [2.75, 3.05) is 11.4 Å². The highest BCUT2D eigenvalue weighted by molar-refractivity contribution is 5.76. The number of fused-ring (bicyclic) bond motifs is 2. The van der Waals surface area contributed by atoms with E-state index in [0.29, 0.717) is 6.04 Å². The normalized spacial score (nSPS) is 16.2. The van der Waals surface area contributed by atoms with Crippen LogP contribution >= 0.6 is 0 Å². The molecule has 0 bridgehead atoms. The number of aromatic nitrogens is 1. The molecule has 0 saturated heterocycles. The van der Waals surface area contributed by atoms with Crippen molar-refractivity contribution in [3.8, 4) is 0 Å². The Kier molecular flexibility index (Phi) is 5.90. The molecule has 0 saturated carbocycles. The van der Waals surface area contributed by atoms with Gasteiger partial charge in [-0.2, -0.15) is 4.57 Å². The molecule has 0 spiro atoms. The highest BCUT2D eigenvalue weighted by Crippen LogP contribution is 2.29. The van der Waals surface area contributed by atoms with Gasteiger partial charge >= 0.3 is 0 Å². The summed E-state index contributed by atoms with van der Waals surface area (Å²) in [6, 6.07) is 22.0. The van der Waals surface area contributed by atoms with Crippen LogP contribution in [0.15, 0.2) is 85.0 Å². The van der Waals surface area contributed by atoms with Crippen molar-refractivity contribution < 1.29 is 4.57 Å². The molecule has 29 heavy (non-hydrogen) atoms. The first-order valence-electron chi connectivity index (χ1n) is 10.6. The van der Waals surface area contributed by atoms with E-state index in [0.717, 1.165) is 19.5 Å². The van der Waals surface area contributed by atoms with E-state index in [4.69, 9.17) is 0 Å². The molecule has 2 nitrogen and oxygen atoms in total. The number of allylic oxidation sites excluding steroid dienone is 2. The number of hydrogen-bond donors (Lipinski definition) is 0. The molecule has 0 fully saturated rings. The fourth-order valence-electron chi connectivity index (χ4n) is 4.23. The van der Waals surface area contributed by atoms with Crippen molar-refractivity contribution in [3.63, 3.8) is 0 Å². The van der Waals surface area contributed by atoms with Gasteiger partial charge in [-0.3, -0.25) is 0 Å². The van der Waals surface area contributed by atoms with Crippen LogP contribution in [0.3, 0.4) is 0 Å². The van der Waals surface area contributed by atoms with E-state index in [1.165, 1.54) is 27.8 Å². The minimum atomic E-state index is 0.417. The summed E-state index contributed by atoms with van der Waals surface area (Å²) >= 11 is 0. The highest BCUT2D eigenvalue weighted by atomic mass is 15.2. The summed E-state index contributed by atoms with van der Waals surface area (Å²) in [5, 5.41) is 1.28. The molecule has 1 aliphatic rings. The van der Waals surface area contributed by atoms with Crippen molar-refractivity contribution in [3.05, 3.63) is 96.2 Å². The topological polar surface area (TPSA) is 7.12 Å². The Morgan fingerprint density at radius 3 is 2.62 bits per heavy atom. The third kappa shape index (κ3) is 4.02. The van der Waals surface area contributed by atoms with Gasteiger partial charge in [0.05, 0.1) is 6.04 Å². The zero-order chi connectivity index (χ0) is 20.1. The van der Waals surface area contributed by atoms with E-state index in [2.05, 4.69) is 120 Å². The number of likely N-dealkylation sites (N-methyl/N-ethyl adjacent to an activating group) is 1. The number of hydrogen-bond acceptors (Lipinski definition) is 1. The van der Waals surface area contributed by atoms with Gasteiger partial charge in [-0.25, -0.2) is 0 Å². The van der Waals surface area contributed by atoms with E-state index in [1.807, 2.05) is 0 Å². The van der Waals surface area contributed by atoms with Crippen LogP contribution in [0.2, 0.25) is 0 Å². The van der Waals surface area contributed by atoms with Crippen LogP contribution in [-0.2, 0) is 6.54 Å². The number of para-hydroxylation sites is 2. The quantitative estimate of drug-likeness (QED) is 0.373. The molecule has 2 heterocycles. The molecule has 1 aliphatic heterocycles. The van der Waals surface area contributed by atoms with Crippen LogP contribution in [0.1, 0.15) is 31.5 Å². The van der Waals surface area contributed by atoms with Crippen LogP contribution in [0.25, 0.3) is 23.1 Å². The van der Waals surface area contributed by atoms with Crippen LogP contribution in [0.4, 0.5) is 5.69 Å². The molecule has 2 aromatic carbocycles. The second kappa shape index (κ2) is 8.91. The number of aryl methyl sites for hydroxylation is 1. The monoisotopic (exact) mass is 381 g/mol. The molecular weight excluding hydrogens is 352 g/mol. The first-order chi connectivity index (χ1) is 14.3. The maximum Gasteiger partial charge on any atom is 0.212 e. The minimum Gasteiger partial charge on any atom is -0.365 e. The van der Waals surface area contributed by atoms with Crippen molar-refractivity contribution in [2.24, 2.45) is 0 Å². The third-order valence-electron chi connectivity index (χ3n) is 5.67. The lowest BCUT2D eigenvalue weighted by Crippen LogP contribution is -2.36. The Hall–Kier alpha value is -3.13. The van der Waals surface area contributed by atoms with E-state index in [-0.39, 0.29) is 0 Å². The Bertz CT molecular complexity index is 1070. The average Bonchev–Trinajstić information content (AvgIpc) is 2.78. The van der Waals surface area contributed by atoms with E-state index in [9.17, 15) is 0 Å². The standard InChI is InChI=1S/C27H29N2/c1-3-28-24(20-18-22-12-8-10-16-26(22)28)14-6-5-7-15-25-21-19-23-13-9-11-17-27(23)29(25)4-2/h5-14,16-21,25H,3-4,15H2,1-2H3/q+1. The van der Waals surface area contributed by atoms with E-state index < -0.39 is 0 Å². The van der Waals surface area contributed by atoms with Gasteiger partial charge in [0.2, 0.25) is 11.2 Å². The first kappa shape index (κ1) is 19.2. The van der Waals surface area contributed by atoms with Gasteiger partial charge in [0.1, 0.15) is 6.54 Å². The molecule has 0 radical (unpaired) electrons. The molecule has 0 amide bonds. The molecule has 146 valence electrons. The Labute approximate surface area is 174 Å². The maximum atomic E-state index is 2.48. The lowest BCUT2D eigenvalue weighted by molar-refractivity contribution is -0.669. The summed E-state index contributed by atoms with van der Waals surface area (Å²) < 4.78 is 2.36. The lowest BCUT2D eigenvalue weighted by atomic mass is 10.0. The van der Waals surface area contributed by atoms with Gasteiger partial charge in [-0.15, -0.1) is 0 Å². The predicted octanol–water partition coefficient (Wildman–Crippen LogP) is 6.03. The number of benzene rings is 2. The van der Waals surface area contributed by atoms with Crippen LogP contribution in [0.5, 0.6) is 0 Å². The Morgan fingerprint density at radius 2 is 1.76 bits per heavy atom. The number of rotatable bonds is 6. The van der Waals surface area contributed by atoms with Crippen LogP contribution in [0, 0.1) is 0 Å². The first-order valence-corrected chi connectivity index (χ1v) is 10.6. The summed E-state index contributed by atoms with van der Waals surface area (Å²) in [5.41, 5.74) is 5.17. The van der Waals surface area contributed by atoms with Gasteiger partial charge in [0.15, 0.2) is 0 Å². The molecule has 3 aromatic rings. The van der Waals surface area contributed by atoms with Gasteiger partial charge < -0.3 is 4.90 Å². The third-order valence-corrected chi connectivity index (χ3v) is 5.67. The predicted molar refractivity (Wildman–Crippen MR) is 125 cm³/mol. The second-order valence-electron chi connectivity index (χ2n) is 7.36. The average molecular weight is 382 g/mol. The molecule has 4 rings (SSSR count). The molecule has 0 aliphatic carbocycles. The summed E-state index contributed by atoms with van der Waals surface area (Å²) in [4.78, 5) is 2.48. The summed E-state index contributed by atoms with van der Waals surface area (Å²) in [6.45, 7) is 6.41. The Balaban J connectivity index is 1.46. The SMILES string of the molecule is CCN1c2ccccc2C=CC1CC=CC=Cc1ccc2ccccc2[n+]1CC. The largest absolute Gasteiger partial charge is 0.365 e. The number of nitrogens with zero attached hydrogens (tertiary/aromatic N) is 2. The lowest BCUT2D eigenvalue weighted by Gasteiger charge is -2.34. The van der Waals surface area contributed by atoms with E-state index in [1.54, 1.807) is 0 Å². The molecule has 0 N–H and O–H groups in total. The summed E-state index contributed by atoms with van der Waals surface area (Å²) in [7, 11) is 0. The van der Waals surface area contributed by atoms with Gasteiger partial charge in [-0.05, 0) is 44.0 Å². The number of pyridine rings is 1. The van der Waals surface area contributed by atoms with Gasteiger partial charge in [0, 0.05) is 35.8 Å². The molecule has 1 atom stereocenters. The summed E-state index contributed by atoms with van der Waals surface area (Å²) in [6.07, 6.45) is 14.4. The van der Waals surface area contributed by atoms with E-state index >= 15 is 0 Å². The van der Waals surface area contributed by atoms with Gasteiger partial charge in [0.25, 0.3) is 0 Å². The molecule has 1 aromatic heterocycles. The fraction of sp³-hybridized carbons (Fsp3) is 0.222. The smallest absolute Gasteiger partial charge is 0.212 e. The maximum absolute atomic E-state index is 2.48. The summed E-state index contributed by atoms with van der Waals surface area (Å²) in [5.74, 6) is 0. The zero-order valence-electron chi connectivity index (χ0n) is 17.3. The zero-order valence-corrected chi connectivity index (χ0v) is 17.3. The van der Waals surface area contributed by atoms with Crippen LogP contribution in [-0.4, -0.2) is 12.6 Å². The molecular formula is C27H29N2+. The van der Waals surface area contributed by atoms with Crippen molar-refractivity contribution in [2.45, 2.75) is 32.9 Å².